The number of rotatable bonds is 3. The van der Waals surface area contributed by atoms with Crippen molar-refractivity contribution in [3.63, 3.8) is 0 Å². The van der Waals surface area contributed by atoms with Crippen LogP contribution in [0.15, 0.2) is 24.4 Å². The summed E-state index contributed by atoms with van der Waals surface area (Å²) >= 11 is 0. The number of hydrogen-bond donors (Lipinski definition) is 2. The minimum atomic E-state index is -1.03. The third-order valence-corrected chi connectivity index (χ3v) is 2.42. The number of nitrogens with zero attached hydrogens (tertiary/aromatic N) is 2. The SMILES string of the molecule is O=C(O)CN1C(=O)NCC1c1ccccn1. The van der Waals surface area contributed by atoms with Crippen LogP contribution in [-0.4, -0.2) is 40.1 Å². The van der Waals surface area contributed by atoms with Gasteiger partial charge in [-0.1, -0.05) is 6.07 Å². The monoisotopic (exact) mass is 221 g/mol. The van der Waals surface area contributed by atoms with Crippen LogP contribution in [0.2, 0.25) is 0 Å². The average molecular weight is 221 g/mol. The Balaban J connectivity index is 2.21. The molecule has 1 saturated heterocycles. The first kappa shape index (κ1) is 10.4. The molecule has 2 rings (SSSR count). The second-order valence-corrected chi connectivity index (χ2v) is 3.48. The number of carbonyl (C=O) groups is 2. The molecule has 1 fully saturated rings. The molecule has 1 unspecified atom stereocenters. The van der Waals surface area contributed by atoms with Gasteiger partial charge >= 0.3 is 12.0 Å². The van der Waals surface area contributed by atoms with E-state index >= 15 is 0 Å². The molecule has 0 bridgehead atoms. The van der Waals surface area contributed by atoms with E-state index in [1.54, 1.807) is 18.3 Å². The Morgan fingerprint density at radius 1 is 1.62 bits per heavy atom. The lowest BCUT2D eigenvalue weighted by Crippen LogP contribution is -2.34. The number of carboxylic acid groups (broad SMARTS) is 1. The first-order chi connectivity index (χ1) is 7.68. The van der Waals surface area contributed by atoms with Crippen molar-refractivity contribution < 1.29 is 14.7 Å². The largest absolute Gasteiger partial charge is 0.480 e. The minimum absolute atomic E-state index is 0.301. The van der Waals surface area contributed by atoms with Gasteiger partial charge in [0.1, 0.15) is 6.54 Å². The standard InChI is InChI=1S/C10H11N3O3/c14-9(15)6-13-8(5-12-10(13)16)7-3-1-2-4-11-7/h1-4,8H,5-6H2,(H,12,16)(H,14,15). The lowest BCUT2D eigenvalue weighted by molar-refractivity contribution is -0.137. The number of aromatic nitrogens is 1. The Morgan fingerprint density at radius 2 is 2.44 bits per heavy atom. The van der Waals surface area contributed by atoms with Crippen LogP contribution in [0.5, 0.6) is 0 Å². The van der Waals surface area contributed by atoms with Crippen molar-refractivity contribution in [3.05, 3.63) is 30.1 Å². The summed E-state index contributed by atoms with van der Waals surface area (Å²) in [5, 5.41) is 11.3. The maximum Gasteiger partial charge on any atom is 0.323 e. The first-order valence-corrected chi connectivity index (χ1v) is 4.85. The summed E-state index contributed by atoms with van der Waals surface area (Å²) in [6.45, 7) is 0.0796. The molecule has 0 aromatic carbocycles. The fourth-order valence-corrected chi connectivity index (χ4v) is 1.70. The topological polar surface area (TPSA) is 82.5 Å². The molecule has 1 aliphatic heterocycles. The van der Waals surface area contributed by atoms with Gasteiger partial charge in [-0.3, -0.25) is 9.78 Å². The van der Waals surface area contributed by atoms with E-state index in [2.05, 4.69) is 10.3 Å². The van der Waals surface area contributed by atoms with Crippen molar-refractivity contribution >= 4 is 12.0 Å². The fourth-order valence-electron chi connectivity index (χ4n) is 1.70. The summed E-state index contributed by atoms with van der Waals surface area (Å²) in [6, 6.07) is 4.70. The fraction of sp³-hybridized carbons (Fsp3) is 0.300. The number of amides is 2. The number of carboxylic acids is 1. The van der Waals surface area contributed by atoms with E-state index in [-0.39, 0.29) is 18.6 Å². The molecule has 0 saturated carbocycles. The van der Waals surface area contributed by atoms with Crippen molar-refractivity contribution in [3.8, 4) is 0 Å². The van der Waals surface area contributed by atoms with Gasteiger partial charge < -0.3 is 15.3 Å². The molecule has 6 nitrogen and oxygen atoms in total. The van der Waals surface area contributed by atoms with Gasteiger partial charge in [-0.2, -0.15) is 0 Å². The molecule has 2 amide bonds. The van der Waals surface area contributed by atoms with E-state index in [1.807, 2.05) is 6.07 Å². The maximum atomic E-state index is 11.4. The van der Waals surface area contributed by atoms with Crippen LogP contribution in [-0.2, 0) is 4.79 Å². The Bertz CT molecular complexity index is 407. The van der Waals surface area contributed by atoms with E-state index < -0.39 is 5.97 Å². The number of aliphatic carboxylic acids is 1. The second kappa shape index (κ2) is 4.18. The molecule has 84 valence electrons. The van der Waals surface area contributed by atoms with Gasteiger partial charge in [0.25, 0.3) is 0 Å². The molecule has 0 spiro atoms. The summed E-state index contributed by atoms with van der Waals surface area (Å²) in [6.07, 6.45) is 1.62. The highest BCUT2D eigenvalue weighted by Crippen LogP contribution is 2.21. The summed E-state index contributed by atoms with van der Waals surface area (Å²) in [5.41, 5.74) is 0.696. The highest BCUT2D eigenvalue weighted by atomic mass is 16.4. The number of nitrogens with one attached hydrogen (secondary N) is 1. The predicted molar refractivity (Wildman–Crippen MR) is 54.7 cm³/mol. The Labute approximate surface area is 91.9 Å². The Hall–Kier alpha value is -2.11. The molecular weight excluding hydrogens is 210 g/mol. The van der Waals surface area contributed by atoms with Gasteiger partial charge in [0, 0.05) is 12.7 Å². The molecular formula is C10H11N3O3. The van der Waals surface area contributed by atoms with Crippen molar-refractivity contribution in [2.75, 3.05) is 13.1 Å². The van der Waals surface area contributed by atoms with Crippen molar-refractivity contribution in [1.82, 2.24) is 15.2 Å². The van der Waals surface area contributed by atoms with E-state index in [1.165, 1.54) is 4.90 Å². The van der Waals surface area contributed by atoms with Crippen molar-refractivity contribution in [2.45, 2.75) is 6.04 Å². The highest BCUT2D eigenvalue weighted by molar-refractivity contribution is 5.82. The van der Waals surface area contributed by atoms with E-state index in [4.69, 9.17) is 5.11 Å². The van der Waals surface area contributed by atoms with Gasteiger partial charge in [0.05, 0.1) is 11.7 Å². The van der Waals surface area contributed by atoms with Crippen LogP contribution >= 0.6 is 0 Å². The van der Waals surface area contributed by atoms with Crippen LogP contribution in [0.1, 0.15) is 11.7 Å². The average Bonchev–Trinajstić information content (AvgIpc) is 2.61. The maximum absolute atomic E-state index is 11.4. The molecule has 2 N–H and O–H groups in total. The first-order valence-electron chi connectivity index (χ1n) is 4.85. The molecule has 16 heavy (non-hydrogen) atoms. The summed E-state index contributed by atoms with van der Waals surface area (Å²) in [7, 11) is 0. The zero-order valence-electron chi connectivity index (χ0n) is 8.46. The van der Waals surface area contributed by atoms with Crippen LogP contribution in [0.3, 0.4) is 0 Å². The zero-order chi connectivity index (χ0) is 11.5. The van der Waals surface area contributed by atoms with E-state index in [0.29, 0.717) is 12.2 Å². The number of carbonyl (C=O) groups excluding carboxylic acids is 1. The second-order valence-electron chi connectivity index (χ2n) is 3.48. The van der Waals surface area contributed by atoms with Gasteiger partial charge in [-0.05, 0) is 12.1 Å². The van der Waals surface area contributed by atoms with Gasteiger partial charge in [-0.25, -0.2) is 4.79 Å². The number of urea groups is 1. The predicted octanol–water partition coefficient (Wildman–Crippen LogP) is 0.232. The van der Waals surface area contributed by atoms with Crippen LogP contribution in [0.25, 0.3) is 0 Å². The molecule has 6 heteroatoms. The summed E-state index contributed by atoms with van der Waals surface area (Å²) in [4.78, 5) is 27.4. The van der Waals surface area contributed by atoms with Crippen LogP contribution in [0.4, 0.5) is 4.79 Å². The van der Waals surface area contributed by atoms with Crippen molar-refractivity contribution in [2.24, 2.45) is 0 Å². The minimum Gasteiger partial charge on any atom is -0.480 e. The number of hydrogen-bond acceptors (Lipinski definition) is 3. The quantitative estimate of drug-likeness (QED) is 0.765. The van der Waals surface area contributed by atoms with Crippen molar-refractivity contribution in [1.29, 1.82) is 0 Å². The lowest BCUT2D eigenvalue weighted by Gasteiger charge is -2.20. The number of pyridine rings is 1. The Morgan fingerprint density at radius 3 is 3.06 bits per heavy atom. The normalized spacial score (nSPS) is 19.6. The third-order valence-electron chi connectivity index (χ3n) is 2.42. The molecule has 1 aliphatic rings. The molecule has 2 heterocycles. The van der Waals surface area contributed by atoms with Crippen LogP contribution < -0.4 is 5.32 Å². The van der Waals surface area contributed by atoms with Crippen LogP contribution in [0, 0.1) is 0 Å². The summed E-state index contributed by atoms with van der Waals surface area (Å²) in [5.74, 6) is -1.03. The lowest BCUT2D eigenvalue weighted by atomic mass is 10.2. The molecule has 0 radical (unpaired) electrons. The summed E-state index contributed by atoms with van der Waals surface area (Å²) < 4.78 is 0. The molecule has 1 aromatic heterocycles. The van der Waals surface area contributed by atoms with Gasteiger partial charge in [-0.15, -0.1) is 0 Å². The van der Waals surface area contributed by atoms with E-state index in [0.717, 1.165) is 0 Å². The highest BCUT2D eigenvalue weighted by Gasteiger charge is 2.33. The molecule has 1 atom stereocenters. The van der Waals surface area contributed by atoms with E-state index in [9.17, 15) is 9.59 Å². The third kappa shape index (κ3) is 1.95. The van der Waals surface area contributed by atoms with Gasteiger partial charge in [0.15, 0.2) is 0 Å². The molecule has 0 aliphatic carbocycles. The zero-order valence-corrected chi connectivity index (χ0v) is 8.46. The Kier molecular flexibility index (Phi) is 2.72. The molecule has 1 aromatic rings. The smallest absolute Gasteiger partial charge is 0.323 e. The van der Waals surface area contributed by atoms with Gasteiger partial charge in [0.2, 0.25) is 0 Å².